The number of aliphatic hydroxyl groups excluding tert-OH is 2. The van der Waals surface area contributed by atoms with Crippen LogP contribution in [0.3, 0.4) is 0 Å². The molecule has 1 aliphatic heterocycles. The molecule has 0 bridgehead atoms. The first kappa shape index (κ1) is 23.7. The van der Waals surface area contributed by atoms with Crippen LogP contribution in [0.25, 0.3) is 0 Å². The van der Waals surface area contributed by atoms with Gasteiger partial charge in [0.2, 0.25) is 0 Å². The first-order chi connectivity index (χ1) is 15.3. The summed E-state index contributed by atoms with van der Waals surface area (Å²) in [5.41, 5.74) is 2.33. The highest BCUT2D eigenvalue weighted by Gasteiger charge is 2.34. The van der Waals surface area contributed by atoms with Crippen LogP contribution in [-0.2, 0) is 16.1 Å². The molecule has 0 aliphatic carbocycles. The van der Waals surface area contributed by atoms with Gasteiger partial charge in [0.15, 0.2) is 18.0 Å². The fraction of sp³-hybridized carbons (Fsp3) is 0.348. The molecule has 3 rings (SSSR count). The minimum atomic E-state index is -1.87. The predicted octanol–water partition coefficient (Wildman–Crippen LogP) is 1.23. The van der Waals surface area contributed by atoms with E-state index < -0.39 is 24.0 Å². The van der Waals surface area contributed by atoms with Crippen molar-refractivity contribution in [3.05, 3.63) is 64.7 Å². The summed E-state index contributed by atoms with van der Waals surface area (Å²) in [4.78, 5) is 39.7. The highest BCUT2D eigenvalue weighted by Crippen LogP contribution is 2.18. The molecule has 2 aromatic rings. The van der Waals surface area contributed by atoms with Crippen LogP contribution in [0.15, 0.2) is 48.5 Å². The van der Waals surface area contributed by atoms with Gasteiger partial charge in [0.1, 0.15) is 0 Å². The third kappa shape index (κ3) is 5.85. The van der Waals surface area contributed by atoms with E-state index in [1.165, 1.54) is 11.8 Å². The first-order valence-corrected chi connectivity index (χ1v) is 10.7. The van der Waals surface area contributed by atoms with Gasteiger partial charge in [-0.25, -0.2) is 0 Å². The number of anilines is 1. The van der Waals surface area contributed by atoms with E-state index in [2.05, 4.69) is 10.2 Å². The lowest BCUT2D eigenvalue weighted by atomic mass is 10.1. The number of halogens is 1. The van der Waals surface area contributed by atoms with E-state index in [4.69, 9.17) is 11.6 Å². The number of hydrogen-bond acceptors (Lipinski definition) is 6. The van der Waals surface area contributed by atoms with E-state index in [0.717, 1.165) is 11.3 Å². The summed E-state index contributed by atoms with van der Waals surface area (Å²) in [6.07, 6.45) is -3.71. The fourth-order valence-electron chi connectivity index (χ4n) is 3.45. The number of carbonyl (C=O) groups excluding carboxylic acids is 3. The van der Waals surface area contributed by atoms with Crippen molar-refractivity contribution in [2.75, 3.05) is 31.1 Å². The van der Waals surface area contributed by atoms with E-state index >= 15 is 0 Å². The molecule has 32 heavy (non-hydrogen) atoms. The normalized spacial score (nSPS) is 15.8. The number of benzene rings is 2. The van der Waals surface area contributed by atoms with Crippen LogP contribution in [0.1, 0.15) is 22.8 Å². The third-order valence-corrected chi connectivity index (χ3v) is 5.68. The van der Waals surface area contributed by atoms with Crippen LogP contribution in [0.5, 0.6) is 0 Å². The SMILES string of the molecule is CC(=O)c1ccc(N2CCN(C(=O)[C@H](O)C(O)C(=O)NCc3ccc(Cl)cc3)CC2)cc1. The number of ketones is 1. The lowest BCUT2D eigenvalue weighted by Crippen LogP contribution is -2.55. The number of rotatable bonds is 7. The van der Waals surface area contributed by atoms with Gasteiger partial charge in [-0.3, -0.25) is 14.4 Å². The van der Waals surface area contributed by atoms with Crippen LogP contribution >= 0.6 is 11.6 Å². The van der Waals surface area contributed by atoms with Crippen LogP contribution in [0.2, 0.25) is 5.02 Å². The Hall–Kier alpha value is -2.94. The van der Waals surface area contributed by atoms with Crippen molar-refractivity contribution >= 4 is 34.9 Å². The molecule has 1 heterocycles. The zero-order chi connectivity index (χ0) is 23.3. The summed E-state index contributed by atoms with van der Waals surface area (Å²) in [5, 5.41) is 23.5. The van der Waals surface area contributed by atoms with Gasteiger partial charge in [-0.1, -0.05) is 23.7 Å². The fourth-order valence-corrected chi connectivity index (χ4v) is 3.58. The Kier molecular flexibility index (Phi) is 7.84. The maximum atomic E-state index is 12.6. The highest BCUT2D eigenvalue weighted by atomic mass is 35.5. The van der Waals surface area contributed by atoms with Gasteiger partial charge in [0.05, 0.1) is 0 Å². The standard InChI is InChI=1S/C23H26ClN3O5/c1-15(28)17-4-8-19(9-5-17)26-10-12-27(13-11-26)23(32)21(30)20(29)22(31)25-14-16-2-6-18(24)7-3-16/h2-9,20-21,29-30H,10-14H2,1H3,(H,25,31)/t20?,21-/m1/s1. The van der Waals surface area contributed by atoms with Gasteiger partial charge in [0, 0.05) is 49.0 Å². The molecule has 0 aromatic heterocycles. The van der Waals surface area contributed by atoms with E-state index in [0.29, 0.717) is 36.8 Å². The second kappa shape index (κ2) is 10.6. The third-order valence-electron chi connectivity index (χ3n) is 5.43. The molecule has 0 radical (unpaired) electrons. The van der Waals surface area contributed by atoms with Crippen molar-refractivity contribution in [2.45, 2.75) is 25.7 Å². The van der Waals surface area contributed by atoms with Crippen molar-refractivity contribution in [3.63, 3.8) is 0 Å². The number of nitrogens with zero attached hydrogens (tertiary/aromatic N) is 2. The Morgan fingerprint density at radius 2 is 1.53 bits per heavy atom. The molecule has 8 nitrogen and oxygen atoms in total. The summed E-state index contributed by atoms with van der Waals surface area (Å²) in [5.74, 6) is -1.52. The Labute approximate surface area is 191 Å². The van der Waals surface area contributed by atoms with E-state index in [9.17, 15) is 24.6 Å². The number of piperazine rings is 1. The number of nitrogens with one attached hydrogen (secondary N) is 1. The zero-order valence-electron chi connectivity index (χ0n) is 17.7. The van der Waals surface area contributed by atoms with Gasteiger partial charge in [-0.05, 0) is 48.9 Å². The molecule has 9 heteroatoms. The largest absolute Gasteiger partial charge is 0.380 e. The number of carbonyl (C=O) groups is 3. The Morgan fingerprint density at radius 3 is 2.09 bits per heavy atom. The zero-order valence-corrected chi connectivity index (χ0v) is 18.5. The second-order valence-corrected chi connectivity index (χ2v) is 8.09. The molecule has 2 aromatic carbocycles. The van der Waals surface area contributed by atoms with Crippen LogP contribution in [0, 0.1) is 0 Å². The van der Waals surface area contributed by atoms with E-state index in [1.54, 1.807) is 36.4 Å². The topological polar surface area (TPSA) is 110 Å². The van der Waals surface area contributed by atoms with Crippen molar-refractivity contribution in [1.29, 1.82) is 0 Å². The molecular weight excluding hydrogens is 434 g/mol. The molecule has 0 saturated carbocycles. The maximum absolute atomic E-state index is 12.6. The summed E-state index contributed by atoms with van der Waals surface area (Å²) >= 11 is 5.82. The molecule has 1 fully saturated rings. The Balaban J connectivity index is 1.49. The van der Waals surface area contributed by atoms with Gasteiger partial charge in [0.25, 0.3) is 11.8 Å². The average molecular weight is 460 g/mol. The number of aliphatic hydroxyl groups is 2. The molecule has 2 atom stereocenters. The number of Topliss-reactive ketones (excluding diaryl/α,β-unsaturated/α-hetero) is 1. The van der Waals surface area contributed by atoms with Gasteiger partial charge in [-0.2, -0.15) is 0 Å². The van der Waals surface area contributed by atoms with Crippen LogP contribution in [0.4, 0.5) is 5.69 Å². The molecule has 1 aliphatic rings. The monoisotopic (exact) mass is 459 g/mol. The minimum Gasteiger partial charge on any atom is -0.380 e. The minimum absolute atomic E-state index is 0.00304. The smallest absolute Gasteiger partial charge is 0.254 e. The Morgan fingerprint density at radius 1 is 0.938 bits per heavy atom. The van der Waals surface area contributed by atoms with Crippen molar-refractivity contribution in [2.24, 2.45) is 0 Å². The van der Waals surface area contributed by atoms with Crippen molar-refractivity contribution in [3.8, 4) is 0 Å². The van der Waals surface area contributed by atoms with Crippen LogP contribution in [-0.4, -0.2) is 71.1 Å². The van der Waals surface area contributed by atoms with E-state index in [-0.39, 0.29) is 12.3 Å². The summed E-state index contributed by atoms with van der Waals surface area (Å²) in [7, 11) is 0. The average Bonchev–Trinajstić information content (AvgIpc) is 2.82. The van der Waals surface area contributed by atoms with Gasteiger partial charge >= 0.3 is 0 Å². The second-order valence-electron chi connectivity index (χ2n) is 7.65. The number of hydrogen-bond donors (Lipinski definition) is 3. The molecule has 3 N–H and O–H groups in total. The van der Waals surface area contributed by atoms with Crippen molar-refractivity contribution < 1.29 is 24.6 Å². The highest BCUT2D eigenvalue weighted by molar-refractivity contribution is 6.30. The molecule has 1 unspecified atom stereocenters. The lowest BCUT2D eigenvalue weighted by molar-refractivity contribution is -0.153. The quantitative estimate of drug-likeness (QED) is 0.537. The maximum Gasteiger partial charge on any atom is 0.254 e. The molecule has 1 saturated heterocycles. The molecule has 0 spiro atoms. The van der Waals surface area contributed by atoms with E-state index in [1.807, 2.05) is 12.1 Å². The van der Waals surface area contributed by atoms with Crippen molar-refractivity contribution in [1.82, 2.24) is 10.2 Å². The molecular formula is C23H26ClN3O5. The summed E-state index contributed by atoms with van der Waals surface area (Å²) in [6, 6.07) is 14.0. The van der Waals surface area contributed by atoms with Crippen LogP contribution < -0.4 is 10.2 Å². The summed E-state index contributed by atoms with van der Waals surface area (Å²) < 4.78 is 0. The summed E-state index contributed by atoms with van der Waals surface area (Å²) in [6.45, 7) is 3.37. The molecule has 2 amide bonds. The molecule has 170 valence electrons. The first-order valence-electron chi connectivity index (χ1n) is 10.3. The Bertz CT molecular complexity index is 957. The van der Waals surface area contributed by atoms with Gasteiger partial charge in [-0.15, -0.1) is 0 Å². The number of amides is 2. The lowest BCUT2D eigenvalue weighted by Gasteiger charge is -2.37. The predicted molar refractivity (Wildman–Crippen MR) is 121 cm³/mol. The van der Waals surface area contributed by atoms with Gasteiger partial charge < -0.3 is 25.3 Å².